The molecule has 12 heteroatoms. The second-order valence-electron chi connectivity index (χ2n) is 8.97. The maximum absolute atomic E-state index is 13.3. The molecule has 9 nitrogen and oxygen atoms in total. The Hall–Kier alpha value is -3.57. The summed E-state index contributed by atoms with van der Waals surface area (Å²) in [5.74, 6) is 0.167. The van der Waals surface area contributed by atoms with Gasteiger partial charge >= 0.3 is 6.18 Å². The van der Waals surface area contributed by atoms with Crippen LogP contribution in [0.3, 0.4) is 0 Å². The van der Waals surface area contributed by atoms with Crippen LogP contribution in [0.15, 0.2) is 24.7 Å². The fourth-order valence-corrected chi connectivity index (χ4v) is 5.08. The van der Waals surface area contributed by atoms with Crippen molar-refractivity contribution in [2.45, 2.75) is 44.3 Å². The highest BCUT2D eigenvalue weighted by molar-refractivity contribution is 5.95. The van der Waals surface area contributed by atoms with Crippen LogP contribution in [0.4, 0.5) is 19.0 Å². The molecule has 1 fully saturated rings. The predicted octanol–water partition coefficient (Wildman–Crippen LogP) is 2.92. The number of alkyl halides is 3. The fourth-order valence-electron chi connectivity index (χ4n) is 5.08. The van der Waals surface area contributed by atoms with Gasteiger partial charge in [0.1, 0.15) is 5.69 Å². The number of nitrogens with zero attached hydrogens (tertiary/aromatic N) is 8. The van der Waals surface area contributed by atoms with Gasteiger partial charge in [-0.05, 0) is 43.7 Å². The number of aryl methyl sites for hydroxylation is 1. The van der Waals surface area contributed by atoms with E-state index in [0.29, 0.717) is 32.1 Å². The van der Waals surface area contributed by atoms with Crippen LogP contribution in [0.25, 0.3) is 11.4 Å². The zero-order valence-corrected chi connectivity index (χ0v) is 19.5. The van der Waals surface area contributed by atoms with E-state index in [1.54, 1.807) is 10.9 Å². The molecule has 1 aliphatic carbocycles. The van der Waals surface area contributed by atoms with Gasteiger partial charge in [-0.2, -0.15) is 28.5 Å². The first-order valence-electron chi connectivity index (χ1n) is 11.5. The Bertz CT molecular complexity index is 1250. The summed E-state index contributed by atoms with van der Waals surface area (Å²) >= 11 is 0. The molecule has 2 aliphatic rings. The minimum atomic E-state index is -4.67. The van der Waals surface area contributed by atoms with Gasteiger partial charge in [0.2, 0.25) is 0 Å². The number of hydrogen-bond acceptors (Lipinski definition) is 7. The van der Waals surface area contributed by atoms with Gasteiger partial charge in [-0.25, -0.2) is 0 Å². The minimum Gasteiger partial charge on any atom is -0.355 e. The van der Waals surface area contributed by atoms with Crippen LogP contribution in [0.1, 0.15) is 46.3 Å². The van der Waals surface area contributed by atoms with Crippen molar-refractivity contribution in [3.8, 4) is 11.4 Å². The number of halogens is 3. The van der Waals surface area contributed by atoms with Crippen LogP contribution in [-0.2, 0) is 26.1 Å². The van der Waals surface area contributed by atoms with E-state index in [2.05, 4.69) is 30.4 Å². The highest BCUT2D eigenvalue weighted by atomic mass is 19.4. The molecular weight excluding hydrogens is 461 g/mol. The molecule has 0 radical (unpaired) electrons. The van der Waals surface area contributed by atoms with E-state index in [-0.39, 0.29) is 6.04 Å². The van der Waals surface area contributed by atoms with E-state index in [1.807, 2.05) is 20.2 Å². The highest BCUT2D eigenvalue weighted by Crippen LogP contribution is 2.36. The number of amides is 1. The molecular formula is C23H25F3N8O. The molecule has 35 heavy (non-hydrogen) atoms. The fraction of sp³-hybridized carbons (Fsp3) is 0.478. The average Bonchev–Trinajstić information content (AvgIpc) is 3.51. The zero-order chi connectivity index (χ0) is 24.7. The van der Waals surface area contributed by atoms with Crippen LogP contribution >= 0.6 is 0 Å². The summed E-state index contributed by atoms with van der Waals surface area (Å²) in [4.78, 5) is 16.4. The van der Waals surface area contributed by atoms with Gasteiger partial charge in [-0.1, -0.05) is 0 Å². The summed E-state index contributed by atoms with van der Waals surface area (Å²) in [6, 6.07) is 2.03. The summed E-state index contributed by atoms with van der Waals surface area (Å²) in [7, 11) is 3.86. The number of piperidine rings is 1. The lowest BCUT2D eigenvalue weighted by Crippen LogP contribution is -2.46. The van der Waals surface area contributed by atoms with Crippen LogP contribution in [0.2, 0.25) is 0 Å². The standard InChI is InChI=1S/C23H25F3N8O/c1-32(21-16-5-3-4-15(16)20(30-31-21)19-6-9-29-33(19)2)14-7-10-34(11-8-14)22(35)17-12-27-28-13-18(17)23(24,25)26/h6,9,12-14H,3-5,7-8,10-11H2,1-2H3. The molecule has 184 valence electrons. The Balaban J connectivity index is 1.32. The largest absolute Gasteiger partial charge is 0.418 e. The average molecular weight is 487 g/mol. The number of fused-ring (bicyclic) bond motifs is 1. The second-order valence-corrected chi connectivity index (χ2v) is 8.97. The summed E-state index contributed by atoms with van der Waals surface area (Å²) < 4.78 is 41.7. The summed E-state index contributed by atoms with van der Waals surface area (Å²) in [5.41, 5.74) is 2.66. The number of anilines is 1. The van der Waals surface area contributed by atoms with E-state index in [1.165, 1.54) is 16.0 Å². The van der Waals surface area contributed by atoms with E-state index < -0.39 is 23.2 Å². The highest BCUT2D eigenvalue weighted by Gasteiger charge is 2.38. The molecule has 0 N–H and O–H groups in total. The Labute approximate surface area is 200 Å². The van der Waals surface area contributed by atoms with Gasteiger partial charge in [-0.15, -0.1) is 10.2 Å². The molecule has 3 aromatic rings. The Kier molecular flexibility index (Phi) is 5.89. The lowest BCUT2D eigenvalue weighted by Gasteiger charge is -2.38. The first kappa shape index (κ1) is 23.2. The molecule has 3 aromatic heterocycles. The van der Waals surface area contributed by atoms with Gasteiger partial charge in [0.25, 0.3) is 5.91 Å². The number of aromatic nitrogens is 6. The van der Waals surface area contributed by atoms with Crippen molar-refractivity contribution in [2.24, 2.45) is 7.05 Å². The summed E-state index contributed by atoms with van der Waals surface area (Å²) in [6.07, 6.45) is 2.68. The Morgan fingerprint density at radius 1 is 1.09 bits per heavy atom. The normalized spacial score (nSPS) is 16.4. The minimum absolute atomic E-state index is 0.0956. The Morgan fingerprint density at radius 2 is 1.80 bits per heavy atom. The number of likely N-dealkylation sites (tertiary alicyclic amines) is 1. The number of rotatable bonds is 4. The zero-order valence-electron chi connectivity index (χ0n) is 19.5. The molecule has 0 saturated carbocycles. The molecule has 0 spiro atoms. The molecule has 4 heterocycles. The van der Waals surface area contributed by atoms with E-state index in [9.17, 15) is 18.0 Å². The van der Waals surface area contributed by atoms with Gasteiger partial charge in [-0.3, -0.25) is 9.48 Å². The van der Waals surface area contributed by atoms with E-state index in [0.717, 1.165) is 42.7 Å². The molecule has 0 aromatic carbocycles. The van der Waals surface area contributed by atoms with E-state index >= 15 is 0 Å². The third-order valence-electron chi connectivity index (χ3n) is 6.98. The SMILES string of the molecule is CN(c1nnc(-c2ccnn2C)c2c1CCC2)C1CCN(C(=O)c2cnncc2C(F)(F)F)CC1. The van der Waals surface area contributed by atoms with Gasteiger partial charge < -0.3 is 9.80 Å². The van der Waals surface area contributed by atoms with Crippen LogP contribution in [0, 0.1) is 0 Å². The van der Waals surface area contributed by atoms with Gasteiger partial charge in [0, 0.05) is 45.0 Å². The van der Waals surface area contributed by atoms with Crippen LogP contribution in [0.5, 0.6) is 0 Å². The predicted molar refractivity (Wildman–Crippen MR) is 121 cm³/mol. The van der Waals surface area contributed by atoms with Crippen molar-refractivity contribution in [3.05, 3.63) is 46.9 Å². The monoisotopic (exact) mass is 486 g/mol. The number of hydrogen-bond donors (Lipinski definition) is 0. The molecule has 1 saturated heterocycles. The summed E-state index contributed by atoms with van der Waals surface area (Å²) in [6.45, 7) is 0.687. The first-order chi connectivity index (χ1) is 16.8. The first-order valence-corrected chi connectivity index (χ1v) is 11.5. The van der Waals surface area contributed by atoms with Gasteiger partial charge in [0.05, 0.1) is 29.2 Å². The lowest BCUT2D eigenvalue weighted by molar-refractivity contribution is -0.138. The van der Waals surface area contributed by atoms with Crippen molar-refractivity contribution in [2.75, 3.05) is 25.0 Å². The van der Waals surface area contributed by atoms with E-state index in [4.69, 9.17) is 0 Å². The van der Waals surface area contributed by atoms with Crippen molar-refractivity contribution >= 4 is 11.7 Å². The van der Waals surface area contributed by atoms with Crippen molar-refractivity contribution in [1.82, 2.24) is 35.1 Å². The number of carbonyl (C=O) groups is 1. The lowest BCUT2D eigenvalue weighted by atomic mass is 10.0. The molecule has 0 unspecified atom stereocenters. The Morgan fingerprint density at radius 3 is 2.49 bits per heavy atom. The molecule has 0 bridgehead atoms. The molecule has 1 amide bonds. The maximum atomic E-state index is 13.3. The van der Waals surface area contributed by atoms with Crippen molar-refractivity contribution in [1.29, 1.82) is 0 Å². The third-order valence-corrected chi connectivity index (χ3v) is 6.98. The second kappa shape index (κ2) is 8.90. The molecule has 5 rings (SSSR count). The quantitative estimate of drug-likeness (QED) is 0.560. The van der Waals surface area contributed by atoms with Crippen molar-refractivity contribution in [3.63, 3.8) is 0 Å². The van der Waals surface area contributed by atoms with Crippen LogP contribution < -0.4 is 4.90 Å². The van der Waals surface area contributed by atoms with Crippen molar-refractivity contribution < 1.29 is 18.0 Å². The third kappa shape index (κ3) is 4.21. The smallest absolute Gasteiger partial charge is 0.355 e. The summed E-state index contributed by atoms with van der Waals surface area (Å²) in [5, 5.41) is 20.2. The van der Waals surface area contributed by atoms with Crippen LogP contribution in [-0.4, -0.2) is 67.2 Å². The molecule has 1 aliphatic heterocycles. The molecule has 0 atom stereocenters. The topological polar surface area (TPSA) is 92.9 Å². The number of carbonyl (C=O) groups excluding carboxylic acids is 1. The van der Waals surface area contributed by atoms with Gasteiger partial charge in [0.15, 0.2) is 5.82 Å². The maximum Gasteiger partial charge on any atom is 0.418 e.